The number of hydrogen-bond acceptors (Lipinski definition) is 3. The van der Waals surface area contributed by atoms with Crippen LogP contribution in [-0.4, -0.2) is 47.1 Å². The van der Waals surface area contributed by atoms with Crippen LogP contribution in [0.25, 0.3) is 0 Å². The molecule has 2 rings (SSSR count). The number of nitrogens with zero attached hydrogens (tertiary/aromatic N) is 1. The highest BCUT2D eigenvalue weighted by atomic mass is 16.4. The number of carbonyl (C=O) groups is 2. The molecule has 2 heterocycles. The number of amides is 1. The van der Waals surface area contributed by atoms with E-state index < -0.39 is 11.5 Å². The highest BCUT2D eigenvalue weighted by molar-refractivity contribution is 5.87. The summed E-state index contributed by atoms with van der Waals surface area (Å²) in [4.78, 5) is 25.9. The lowest BCUT2D eigenvalue weighted by Gasteiger charge is -2.36. The Kier molecular flexibility index (Phi) is 5.25. The second kappa shape index (κ2) is 6.77. The molecular weight excluding hydrogens is 268 g/mol. The third-order valence-corrected chi connectivity index (χ3v) is 5.41. The van der Waals surface area contributed by atoms with Crippen LogP contribution in [-0.2, 0) is 9.59 Å². The predicted molar refractivity (Wildman–Crippen MR) is 81.0 cm³/mol. The summed E-state index contributed by atoms with van der Waals surface area (Å²) in [5.41, 5.74) is -0.957. The van der Waals surface area contributed by atoms with Crippen LogP contribution in [0.1, 0.15) is 52.4 Å². The summed E-state index contributed by atoms with van der Waals surface area (Å²) < 4.78 is 0. The second-order valence-corrected chi connectivity index (χ2v) is 6.63. The van der Waals surface area contributed by atoms with Crippen molar-refractivity contribution in [2.75, 3.05) is 19.6 Å². The first-order valence-electron chi connectivity index (χ1n) is 8.26. The monoisotopic (exact) mass is 296 g/mol. The van der Waals surface area contributed by atoms with E-state index in [9.17, 15) is 14.7 Å². The van der Waals surface area contributed by atoms with E-state index in [1.54, 1.807) is 4.90 Å². The second-order valence-electron chi connectivity index (χ2n) is 6.63. The maximum Gasteiger partial charge on any atom is 0.329 e. The van der Waals surface area contributed by atoms with E-state index in [1.165, 1.54) is 12.8 Å². The van der Waals surface area contributed by atoms with Crippen LogP contribution >= 0.6 is 0 Å². The van der Waals surface area contributed by atoms with Crippen molar-refractivity contribution in [3.05, 3.63) is 0 Å². The Morgan fingerprint density at radius 3 is 2.76 bits per heavy atom. The molecule has 3 atom stereocenters. The number of piperidine rings is 1. The third kappa shape index (κ3) is 3.23. The third-order valence-electron chi connectivity index (χ3n) is 5.41. The van der Waals surface area contributed by atoms with Crippen molar-refractivity contribution in [2.45, 2.75) is 57.9 Å². The fourth-order valence-electron chi connectivity index (χ4n) is 3.90. The lowest BCUT2D eigenvalue weighted by molar-refractivity contribution is -0.157. The molecule has 0 bridgehead atoms. The van der Waals surface area contributed by atoms with Crippen LogP contribution in [0.2, 0.25) is 0 Å². The normalized spacial score (nSPS) is 31.1. The van der Waals surface area contributed by atoms with Gasteiger partial charge in [-0.05, 0) is 57.0 Å². The van der Waals surface area contributed by atoms with Gasteiger partial charge in [0.15, 0.2) is 0 Å². The van der Waals surface area contributed by atoms with Crippen LogP contribution in [0.4, 0.5) is 0 Å². The van der Waals surface area contributed by atoms with Gasteiger partial charge in [0, 0.05) is 13.0 Å². The highest BCUT2D eigenvalue weighted by Crippen LogP contribution is 2.34. The number of carboxylic acids is 1. The first kappa shape index (κ1) is 16.3. The van der Waals surface area contributed by atoms with Crippen LogP contribution in [0.5, 0.6) is 0 Å². The van der Waals surface area contributed by atoms with Crippen molar-refractivity contribution in [2.24, 2.45) is 11.8 Å². The average molecular weight is 296 g/mol. The Labute approximate surface area is 127 Å². The Morgan fingerprint density at radius 1 is 1.43 bits per heavy atom. The lowest BCUT2D eigenvalue weighted by Crippen LogP contribution is -2.53. The number of carbonyl (C=O) groups excluding carboxylic acids is 1. The van der Waals surface area contributed by atoms with E-state index in [0.29, 0.717) is 37.6 Å². The fourth-order valence-corrected chi connectivity index (χ4v) is 3.90. The number of hydrogen-bond donors (Lipinski definition) is 2. The largest absolute Gasteiger partial charge is 0.479 e. The molecule has 0 aliphatic carbocycles. The summed E-state index contributed by atoms with van der Waals surface area (Å²) in [5, 5.41) is 12.9. The van der Waals surface area contributed by atoms with Crippen LogP contribution in [0.15, 0.2) is 0 Å². The molecule has 2 saturated heterocycles. The molecule has 120 valence electrons. The van der Waals surface area contributed by atoms with E-state index in [0.717, 1.165) is 19.5 Å². The van der Waals surface area contributed by atoms with Crippen molar-refractivity contribution < 1.29 is 14.7 Å². The van der Waals surface area contributed by atoms with Gasteiger partial charge in [0.05, 0.1) is 0 Å². The minimum atomic E-state index is -0.957. The standard InChI is InChI=1S/C16H28N2O3/c1-3-16(15(20)21)7-5-9-18(16)14(19)10-12(2)13-6-4-8-17-11-13/h12-13,17H,3-11H2,1-2H3,(H,20,21). The number of likely N-dealkylation sites (tertiary alicyclic amines) is 1. The molecule has 5 heteroatoms. The zero-order valence-corrected chi connectivity index (χ0v) is 13.2. The first-order valence-corrected chi connectivity index (χ1v) is 8.26. The van der Waals surface area contributed by atoms with E-state index in [2.05, 4.69) is 12.2 Å². The Hall–Kier alpha value is -1.10. The predicted octanol–water partition coefficient (Wildman–Crippen LogP) is 1.87. The Morgan fingerprint density at radius 2 is 2.19 bits per heavy atom. The maximum atomic E-state index is 12.6. The number of aliphatic carboxylic acids is 1. The molecule has 0 saturated carbocycles. The number of rotatable bonds is 5. The van der Waals surface area contributed by atoms with Crippen molar-refractivity contribution in [1.82, 2.24) is 10.2 Å². The number of carboxylic acid groups (broad SMARTS) is 1. The summed E-state index contributed by atoms with van der Waals surface area (Å²) in [6.45, 7) is 6.64. The average Bonchev–Trinajstić information content (AvgIpc) is 2.93. The smallest absolute Gasteiger partial charge is 0.329 e. The summed E-state index contributed by atoms with van der Waals surface area (Å²) in [6.07, 6.45) is 4.68. The van der Waals surface area contributed by atoms with Gasteiger partial charge in [-0.15, -0.1) is 0 Å². The van der Waals surface area contributed by atoms with E-state index in [-0.39, 0.29) is 5.91 Å². The topological polar surface area (TPSA) is 69.6 Å². The van der Waals surface area contributed by atoms with Crippen LogP contribution < -0.4 is 5.32 Å². The van der Waals surface area contributed by atoms with Crippen molar-refractivity contribution >= 4 is 11.9 Å². The first-order chi connectivity index (χ1) is 10.0. The quantitative estimate of drug-likeness (QED) is 0.812. The molecule has 3 unspecified atom stereocenters. The van der Waals surface area contributed by atoms with Crippen LogP contribution in [0.3, 0.4) is 0 Å². The SMILES string of the molecule is CCC1(C(=O)O)CCCN1C(=O)CC(C)C1CCCNC1. The molecule has 2 aliphatic heterocycles. The van der Waals surface area contributed by atoms with Gasteiger partial charge in [-0.1, -0.05) is 13.8 Å². The van der Waals surface area contributed by atoms with Gasteiger partial charge in [0.1, 0.15) is 5.54 Å². The molecule has 0 aromatic heterocycles. The molecule has 1 amide bonds. The molecule has 0 spiro atoms. The highest BCUT2D eigenvalue weighted by Gasteiger charge is 2.48. The molecule has 21 heavy (non-hydrogen) atoms. The van der Waals surface area contributed by atoms with Crippen molar-refractivity contribution in [3.8, 4) is 0 Å². The van der Waals surface area contributed by atoms with Gasteiger partial charge in [0.2, 0.25) is 5.91 Å². The van der Waals surface area contributed by atoms with Gasteiger partial charge in [-0.3, -0.25) is 4.79 Å². The zero-order valence-electron chi connectivity index (χ0n) is 13.2. The molecule has 0 radical (unpaired) electrons. The van der Waals surface area contributed by atoms with Gasteiger partial charge in [-0.25, -0.2) is 4.79 Å². The molecule has 2 aliphatic rings. The van der Waals surface area contributed by atoms with Gasteiger partial charge in [-0.2, -0.15) is 0 Å². The molecular formula is C16H28N2O3. The number of nitrogens with one attached hydrogen (secondary N) is 1. The van der Waals surface area contributed by atoms with Crippen LogP contribution in [0, 0.1) is 11.8 Å². The van der Waals surface area contributed by atoms with Crippen molar-refractivity contribution in [1.29, 1.82) is 0 Å². The van der Waals surface area contributed by atoms with Gasteiger partial charge < -0.3 is 15.3 Å². The molecule has 2 N–H and O–H groups in total. The molecule has 2 fully saturated rings. The Balaban J connectivity index is 2.00. The molecule has 5 nitrogen and oxygen atoms in total. The zero-order chi connectivity index (χ0) is 15.5. The van der Waals surface area contributed by atoms with E-state index in [4.69, 9.17) is 0 Å². The van der Waals surface area contributed by atoms with E-state index in [1.807, 2.05) is 6.92 Å². The van der Waals surface area contributed by atoms with Gasteiger partial charge in [0.25, 0.3) is 0 Å². The summed E-state index contributed by atoms with van der Waals surface area (Å²) >= 11 is 0. The summed E-state index contributed by atoms with van der Waals surface area (Å²) in [5.74, 6) is 0.0260. The van der Waals surface area contributed by atoms with Gasteiger partial charge >= 0.3 is 5.97 Å². The summed E-state index contributed by atoms with van der Waals surface area (Å²) in [7, 11) is 0. The minimum absolute atomic E-state index is 0.0230. The fraction of sp³-hybridized carbons (Fsp3) is 0.875. The minimum Gasteiger partial charge on any atom is -0.479 e. The molecule has 0 aromatic rings. The maximum absolute atomic E-state index is 12.6. The molecule has 0 aromatic carbocycles. The van der Waals surface area contributed by atoms with E-state index >= 15 is 0 Å². The lowest BCUT2D eigenvalue weighted by atomic mass is 9.84. The van der Waals surface area contributed by atoms with Crippen molar-refractivity contribution in [3.63, 3.8) is 0 Å². The Bertz CT molecular complexity index is 393. The summed E-state index contributed by atoms with van der Waals surface area (Å²) in [6, 6.07) is 0.